The van der Waals surface area contributed by atoms with Crippen molar-refractivity contribution < 1.29 is 8.39 Å². The molecule has 0 aliphatic carbocycles. The zero-order valence-electron chi connectivity index (χ0n) is 28.5. The predicted molar refractivity (Wildman–Crippen MR) is 214 cm³/mol. The van der Waals surface area contributed by atoms with Crippen molar-refractivity contribution in [1.29, 1.82) is 0 Å². The zero-order valence-corrected chi connectivity index (χ0v) is 29.4. The molecule has 0 saturated heterocycles. The SMILES string of the molecule is CN(C)p1oc2ccc3ccccc3c2c2c(ccc3cc(C#Cc4ccc(-c5cc(-c6ccccn6)nc(-c6ccccn6)c5)cc4)ccc32)o1. The summed E-state index contributed by atoms with van der Waals surface area (Å²) in [7, 11) is 2.64. The summed E-state index contributed by atoms with van der Waals surface area (Å²) in [6.07, 6.45) is 3.57. The Kier molecular flexibility index (Phi) is 8.06. The van der Waals surface area contributed by atoms with E-state index >= 15 is 0 Å². The van der Waals surface area contributed by atoms with Gasteiger partial charge in [-0.15, -0.1) is 0 Å². The minimum Gasteiger partial charge on any atom is -0.408 e. The number of rotatable bonds is 4. The Hall–Kier alpha value is -6.51. The summed E-state index contributed by atoms with van der Waals surface area (Å²) in [6, 6.07) is 47.4. The Morgan fingerprint density at radius 3 is 1.71 bits per heavy atom. The summed E-state index contributed by atoms with van der Waals surface area (Å²) < 4.78 is 15.0. The lowest BCUT2D eigenvalue weighted by Gasteiger charge is -2.09. The van der Waals surface area contributed by atoms with Crippen LogP contribution in [0, 0.1) is 11.8 Å². The van der Waals surface area contributed by atoms with Crippen LogP contribution >= 0.6 is 8.16 Å². The van der Waals surface area contributed by atoms with Crippen LogP contribution in [0.15, 0.2) is 160 Å². The first-order chi connectivity index (χ1) is 25.6. The van der Waals surface area contributed by atoms with Crippen molar-refractivity contribution in [2.24, 2.45) is 0 Å². The van der Waals surface area contributed by atoms with Gasteiger partial charge in [0, 0.05) is 48.4 Å². The lowest BCUT2D eigenvalue weighted by atomic mass is 9.97. The second-order valence-corrected chi connectivity index (χ2v) is 14.3. The van der Waals surface area contributed by atoms with Gasteiger partial charge in [0.25, 0.3) is 0 Å². The van der Waals surface area contributed by atoms with Crippen molar-refractivity contribution in [3.8, 4) is 45.7 Å². The van der Waals surface area contributed by atoms with Gasteiger partial charge >= 0.3 is 8.16 Å². The minimum absolute atomic E-state index is 0.796. The molecule has 4 heterocycles. The van der Waals surface area contributed by atoms with E-state index in [-0.39, 0.29) is 0 Å². The van der Waals surface area contributed by atoms with Gasteiger partial charge in [0.2, 0.25) is 0 Å². The molecule has 0 amide bonds. The molecule has 1 atom stereocenters. The molecule has 0 saturated carbocycles. The molecule has 0 N–H and O–H groups in total. The topological polar surface area (TPSA) is 68.2 Å². The molecule has 52 heavy (non-hydrogen) atoms. The molecule has 1 unspecified atom stereocenters. The number of fused-ring (bicyclic) bond motifs is 7. The summed E-state index contributed by atoms with van der Waals surface area (Å²) >= 11 is 0. The number of hydrogen-bond donors (Lipinski definition) is 0. The Balaban J connectivity index is 1.09. The Bertz CT molecular complexity index is 2820. The highest BCUT2D eigenvalue weighted by Crippen LogP contribution is 2.41. The molecular formula is C45H31N4O2P. The maximum Gasteiger partial charge on any atom is 0.309 e. The molecular weight excluding hydrogens is 659 g/mol. The Morgan fingerprint density at radius 1 is 0.500 bits per heavy atom. The van der Waals surface area contributed by atoms with Crippen molar-refractivity contribution in [1.82, 2.24) is 15.0 Å². The van der Waals surface area contributed by atoms with Crippen LogP contribution in [0.4, 0.5) is 0 Å². The van der Waals surface area contributed by atoms with E-state index < -0.39 is 8.16 Å². The first-order valence-corrected chi connectivity index (χ1v) is 18.1. The lowest BCUT2D eigenvalue weighted by molar-refractivity contribution is 0.635. The van der Waals surface area contributed by atoms with Gasteiger partial charge in [-0.3, -0.25) is 9.97 Å². The molecule has 9 rings (SSSR count). The van der Waals surface area contributed by atoms with Gasteiger partial charge < -0.3 is 8.39 Å². The van der Waals surface area contributed by atoms with Gasteiger partial charge in [-0.1, -0.05) is 78.6 Å². The van der Waals surface area contributed by atoms with Crippen molar-refractivity contribution in [2.75, 3.05) is 18.8 Å². The second-order valence-electron chi connectivity index (χ2n) is 12.7. The Labute approximate surface area is 301 Å². The standard InChI is InChI=1S/C45H31N4O2P/c1-49(2)52-50-42-23-20-33-9-3-4-10-36(33)44(42)45-37-22-17-31(27-34(37)21-24-43(45)51-52)14-13-30-15-18-32(19-16-30)35-28-40(38-11-5-7-25-46-38)48-41(29-35)39-12-6-8-26-47-39/h3-12,15-29H,1-2H3. The number of pyridine rings is 3. The van der Waals surface area contributed by atoms with Gasteiger partial charge in [0.15, 0.2) is 0 Å². The molecule has 0 spiro atoms. The van der Waals surface area contributed by atoms with Crippen LogP contribution in [-0.4, -0.2) is 29.0 Å². The minimum atomic E-state index is -1.32. The molecule has 0 bridgehead atoms. The van der Waals surface area contributed by atoms with Gasteiger partial charge in [-0.2, -0.15) is 0 Å². The highest BCUT2D eigenvalue weighted by molar-refractivity contribution is 7.38. The first-order valence-electron chi connectivity index (χ1n) is 17.0. The normalized spacial score (nSPS) is 11.6. The van der Waals surface area contributed by atoms with Crippen LogP contribution in [0.3, 0.4) is 0 Å². The van der Waals surface area contributed by atoms with Crippen molar-refractivity contribution in [3.63, 3.8) is 0 Å². The van der Waals surface area contributed by atoms with E-state index in [0.29, 0.717) is 0 Å². The summed E-state index contributed by atoms with van der Waals surface area (Å²) in [6.45, 7) is 0. The second kappa shape index (κ2) is 13.3. The number of nitrogens with zero attached hydrogens (tertiary/aromatic N) is 4. The third kappa shape index (κ3) is 5.99. The van der Waals surface area contributed by atoms with Crippen molar-refractivity contribution >= 4 is 51.6 Å². The molecule has 0 aliphatic rings. The average molecular weight is 691 g/mol. The fraction of sp³-hybridized carbons (Fsp3) is 0.0444. The number of aromatic nitrogens is 3. The highest BCUT2D eigenvalue weighted by Gasteiger charge is 2.14. The van der Waals surface area contributed by atoms with Gasteiger partial charge in [-0.25, -0.2) is 9.65 Å². The van der Waals surface area contributed by atoms with Gasteiger partial charge in [0.1, 0.15) is 11.2 Å². The smallest absolute Gasteiger partial charge is 0.309 e. The summed E-state index contributed by atoms with van der Waals surface area (Å²) in [5.41, 5.74) is 8.81. The van der Waals surface area contributed by atoms with E-state index in [9.17, 15) is 0 Å². The van der Waals surface area contributed by atoms with Crippen LogP contribution in [0.2, 0.25) is 0 Å². The van der Waals surface area contributed by atoms with E-state index in [1.54, 1.807) is 12.4 Å². The highest BCUT2D eigenvalue weighted by atomic mass is 31.1. The van der Waals surface area contributed by atoms with Crippen LogP contribution < -0.4 is 4.67 Å². The molecule has 9 aromatic rings. The van der Waals surface area contributed by atoms with E-state index in [2.05, 4.69) is 125 Å². The number of benzene rings is 5. The van der Waals surface area contributed by atoms with Crippen molar-refractivity contribution in [3.05, 3.63) is 163 Å². The van der Waals surface area contributed by atoms with Crippen LogP contribution in [0.5, 0.6) is 0 Å². The molecule has 5 aromatic carbocycles. The molecule has 248 valence electrons. The summed E-state index contributed by atoms with van der Waals surface area (Å²) in [5.74, 6) is 6.78. The fourth-order valence-corrected chi connectivity index (χ4v) is 7.54. The molecule has 0 aliphatic heterocycles. The average Bonchev–Trinajstić information content (AvgIpc) is 3.38. The zero-order chi connectivity index (χ0) is 35.0. The molecule has 7 heteroatoms. The quantitative estimate of drug-likeness (QED) is 0.171. The van der Waals surface area contributed by atoms with Crippen molar-refractivity contribution in [2.45, 2.75) is 0 Å². The molecule has 6 nitrogen and oxygen atoms in total. The van der Waals surface area contributed by atoms with Gasteiger partial charge in [0.05, 0.1) is 22.8 Å². The molecule has 0 radical (unpaired) electrons. The van der Waals surface area contributed by atoms with Gasteiger partial charge in [-0.05, 0) is 105 Å². The predicted octanol–water partition coefficient (Wildman–Crippen LogP) is 11.4. The maximum atomic E-state index is 6.52. The lowest BCUT2D eigenvalue weighted by Crippen LogP contribution is -2.02. The van der Waals surface area contributed by atoms with Crippen LogP contribution in [-0.2, 0) is 0 Å². The summed E-state index contributed by atoms with van der Waals surface area (Å²) in [4.78, 5) is 14.0. The van der Waals surface area contributed by atoms with E-state index in [0.717, 1.165) is 88.5 Å². The first kappa shape index (κ1) is 31.5. The van der Waals surface area contributed by atoms with E-state index in [1.165, 1.54) is 0 Å². The molecule has 4 aromatic heterocycles. The fourth-order valence-electron chi connectivity index (χ4n) is 6.54. The monoisotopic (exact) mass is 690 g/mol. The third-order valence-electron chi connectivity index (χ3n) is 9.05. The summed E-state index contributed by atoms with van der Waals surface area (Å²) in [5, 5.41) is 6.57. The van der Waals surface area contributed by atoms with Crippen LogP contribution in [0.25, 0.3) is 77.4 Å². The third-order valence-corrected chi connectivity index (χ3v) is 10.4. The van der Waals surface area contributed by atoms with E-state index in [1.807, 2.05) is 55.2 Å². The number of hydrogen-bond acceptors (Lipinski definition) is 6. The largest absolute Gasteiger partial charge is 0.408 e. The Morgan fingerprint density at radius 2 is 1.08 bits per heavy atom. The maximum absolute atomic E-state index is 6.52. The molecule has 0 fully saturated rings. The van der Waals surface area contributed by atoms with E-state index in [4.69, 9.17) is 13.4 Å². The van der Waals surface area contributed by atoms with Crippen LogP contribution in [0.1, 0.15) is 11.1 Å².